The maximum atomic E-state index is 14.7. The lowest BCUT2D eigenvalue weighted by Gasteiger charge is -2.40. The molecule has 2 fully saturated rings. The number of carbonyl (C=O) groups excluding carboxylic acids is 4. The molecular weight excluding hydrogens is 574 g/mol. The highest BCUT2D eigenvalue weighted by atomic mass is 16.6. The minimum absolute atomic E-state index is 0.0606. The van der Waals surface area contributed by atoms with Crippen molar-refractivity contribution in [3.63, 3.8) is 0 Å². The molecule has 2 N–H and O–H groups in total. The van der Waals surface area contributed by atoms with Crippen molar-refractivity contribution >= 4 is 23.7 Å². The van der Waals surface area contributed by atoms with Crippen molar-refractivity contribution in [2.75, 3.05) is 19.7 Å². The first-order valence-electron chi connectivity index (χ1n) is 15.6. The van der Waals surface area contributed by atoms with Gasteiger partial charge in [-0.3, -0.25) is 19.2 Å². The van der Waals surface area contributed by atoms with Gasteiger partial charge in [0.05, 0.1) is 31.2 Å². The number of nitrogens with zero attached hydrogens (tertiary/aromatic N) is 2. The molecule has 3 amide bonds. The minimum Gasteiger partial charge on any atom is -0.455 e. The van der Waals surface area contributed by atoms with Crippen molar-refractivity contribution < 1.29 is 33.8 Å². The van der Waals surface area contributed by atoms with Gasteiger partial charge in [0.2, 0.25) is 17.7 Å². The second-order valence-electron chi connectivity index (χ2n) is 12.3. The summed E-state index contributed by atoms with van der Waals surface area (Å²) in [6.45, 7) is 3.67. The summed E-state index contributed by atoms with van der Waals surface area (Å²) in [6, 6.07) is 16.0. The molecule has 10 heteroatoms. The van der Waals surface area contributed by atoms with Gasteiger partial charge in [-0.1, -0.05) is 85.0 Å². The van der Waals surface area contributed by atoms with Crippen molar-refractivity contribution in [3.8, 4) is 0 Å². The molecule has 0 aliphatic carbocycles. The Balaban J connectivity index is 1.45. The molecule has 0 saturated carbocycles. The van der Waals surface area contributed by atoms with E-state index in [1.165, 1.54) is 4.90 Å². The van der Waals surface area contributed by atoms with E-state index in [-0.39, 0.29) is 37.4 Å². The number of cyclic esters (lactones) is 1. The topological polar surface area (TPSA) is 125 Å². The molecule has 0 unspecified atom stereocenters. The van der Waals surface area contributed by atoms with Crippen LogP contribution in [-0.2, 0) is 28.7 Å². The third kappa shape index (κ3) is 5.46. The van der Waals surface area contributed by atoms with Gasteiger partial charge in [0.1, 0.15) is 23.7 Å². The monoisotopic (exact) mass is 613 g/mol. The predicted molar refractivity (Wildman–Crippen MR) is 164 cm³/mol. The van der Waals surface area contributed by atoms with Crippen LogP contribution >= 0.6 is 0 Å². The molecule has 6 rings (SSSR count). The summed E-state index contributed by atoms with van der Waals surface area (Å²) in [5.41, 5.74) is -0.0627. The van der Waals surface area contributed by atoms with Crippen LogP contribution in [0.3, 0.4) is 0 Å². The Morgan fingerprint density at radius 3 is 2.38 bits per heavy atom. The number of fused-ring (bicyclic) bond motifs is 2. The largest absolute Gasteiger partial charge is 0.455 e. The second kappa shape index (κ2) is 12.6. The van der Waals surface area contributed by atoms with E-state index in [9.17, 15) is 24.3 Å². The van der Waals surface area contributed by atoms with Crippen LogP contribution in [0, 0.1) is 11.8 Å². The highest BCUT2D eigenvalue weighted by Gasteiger charge is 2.74. The van der Waals surface area contributed by atoms with Crippen molar-refractivity contribution in [2.45, 2.75) is 62.6 Å². The molecule has 45 heavy (non-hydrogen) atoms. The maximum Gasteiger partial charge on any atom is 0.313 e. The first-order valence-corrected chi connectivity index (χ1v) is 15.6. The van der Waals surface area contributed by atoms with E-state index in [2.05, 4.69) is 5.32 Å². The van der Waals surface area contributed by atoms with Gasteiger partial charge in [0.15, 0.2) is 0 Å². The number of likely N-dealkylation sites (tertiary alicyclic amines) is 1. The van der Waals surface area contributed by atoms with Crippen LogP contribution < -0.4 is 5.32 Å². The molecule has 0 aromatic heterocycles. The number of aliphatic hydroxyl groups is 1. The number of esters is 1. The number of amides is 3. The fraction of sp³-hybridized carbons (Fsp3) is 0.429. The van der Waals surface area contributed by atoms with Crippen LogP contribution in [-0.4, -0.2) is 82.1 Å². The Morgan fingerprint density at radius 1 is 0.978 bits per heavy atom. The first-order chi connectivity index (χ1) is 21.8. The van der Waals surface area contributed by atoms with Gasteiger partial charge in [-0.15, -0.1) is 0 Å². The molecule has 5 bridgehead atoms. The molecule has 4 aliphatic rings. The lowest BCUT2D eigenvalue weighted by atomic mass is 9.74. The molecule has 2 aromatic carbocycles. The van der Waals surface area contributed by atoms with Crippen molar-refractivity contribution in [1.29, 1.82) is 0 Å². The van der Waals surface area contributed by atoms with Gasteiger partial charge in [-0.05, 0) is 31.4 Å². The zero-order valence-corrected chi connectivity index (χ0v) is 25.5. The highest BCUT2D eigenvalue weighted by molar-refractivity contribution is 5.99. The fourth-order valence-corrected chi connectivity index (χ4v) is 7.16. The number of aliphatic hydroxyl groups excluding tert-OH is 1. The van der Waals surface area contributed by atoms with Crippen LogP contribution in [0.15, 0.2) is 85.0 Å². The number of hydrogen-bond donors (Lipinski definition) is 2. The van der Waals surface area contributed by atoms with E-state index >= 15 is 0 Å². The molecule has 236 valence electrons. The molecular formula is C35H39N3O7. The Labute approximate surface area is 262 Å². The van der Waals surface area contributed by atoms with Gasteiger partial charge in [0.25, 0.3) is 0 Å². The molecule has 4 aliphatic heterocycles. The Bertz CT molecular complexity index is 1490. The number of benzene rings is 2. The van der Waals surface area contributed by atoms with E-state index in [0.29, 0.717) is 17.5 Å². The third-order valence-electron chi connectivity index (χ3n) is 9.34. The summed E-state index contributed by atoms with van der Waals surface area (Å²) in [7, 11) is 0. The maximum absolute atomic E-state index is 14.7. The van der Waals surface area contributed by atoms with Crippen molar-refractivity contribution in [1.82, 2.24) is 15.1 Å². The van der Waals surface area contributed by atoms with Crippen LogP contribution in [0.4, 0.5) is 0 Å². The second-order valence-corrected chi connectivity index (χ2v) is 12.3. The van der Waals surface area contributed by atoms with Crippen LogP contribution in [0.2, 0.25) is 0 Å². The zero-order valence-electron chi connectivity index (χ0n) is 25.5. The average Bonchev–Trinajstić information content (AvgIpc) is 3.69. The van der Waals surface area contributed by atoms with Crippen molar-refractivity contribution in [2.24, 2.45) is 11.8 Å². The predicted octanol–water partition coefficient (Wildman–Crippen LogP) is 2.86. The summed E-state index contributed by atoms with van der Waals surface area (Å²) in [5.74, 6) is -3.70. The van der Waals surface area contributed by atoms with Gasteiger partial charge in [-0.25, -0.2) is 0 Å². The molecule has 1 spiro atoms. The molecule has 2 saturated heterocycles. The van der Waals surface area contributed by atoms with Gasteiger partial charge < -0.3 is 29.7 Å². The van der Waals surface area contributed by atoms with Gasteiger partial charge in [-0.2, -0.15) is 0 Å². The summed E-state index contributed by atoms with van der Waals surface area (Å²) >= 11 is 0. The normalized spacial score (nSPS) is 31.6. The number of ether oxygens (including phenoxy) is 2. The molecule has 4 heterocycles. The number of hydrogen-bond acceptors (Lipinski definition) is 7. The minimum atomic E-state index is -1.42. The van der Waals surface area contributed by atoms with E-state index in [0.717, 1.165) is 0 Å². The van der Waals surface area contributed by atoms with E-state index in [4.69, 9.17) is 9.47 Å². The number of allylic oxidation sites excluding steroid dienone is 1. The summed E-state index contributed by atoms with van der Waals surface area (Å²) in [6.07, 6.45) is 6.32. The lowest BCUT2D eigenvalue weighted by molar-refractivity contribution is -0.160. The fourth-order valence-electron chi connectivity index (χ4n) is 7.16. The smallest absolute Gasteiger partial charge is 0.313 e. The first kappa shape index (κ1) is 30.7. The van der Waals surface area contributed by atoms with Crippen LogP contribution in [0.5, 0.6) is 0 Å². The molecule has 0 radical (unpaired) electrons. The van der Waals surface area contributed by atoms with Crippen LogP contribution in [0.1, 0.15) is 50.0 Å². The highest BCUT2D eigenvalue weighted by Crippen LogP contribution is 2.57. The zero-order chi connectivity index (χ0) is 31.7. The van der Waals surface area contributed by atoms with E-state index in [1.54, 1.807) is 17.1 Å². The quantitative estimate of drug-likeness (QED) is 0.393. The third-order valence-corrected chi connectivity index (χ3v) is 9.34. The van der Waals surface area contributed by atoms with Gasteiger partial charge >= 0.3 is 5.97 Å². The number of nitrogens with one attached hydrogen (secondary N) is 1. The summed E-state index contributed by atoms with van der Waals surface area (Å²) in [4.78, 5) is 59.2. The SMILES string of the molecule is CC(C)N1C/C=C\CCC(=O)NC[C@H](c2ccccc2)OC(=O)[C@@H]2[C@H]3C(=O)N([C@H](CO)c4ccccc4)[C@H](C1=O)[C@]31C=C[C@H]2O1. The van der Waals surface area contributed by atoms with Crippen LogP contribution in [0.25, 0.3) is 0 Å². The molecule has 7 atom stereocenters. The lowest BCUT2D eigenvalue weighted by Crippen LogP contribution is -2.58. The van der Waals surface area contributed by atoms with Gasteiger partial charge in [0, 0.05) is 19.0 Å². The Hall–Kier alpha value is -4.28. The van der Waals surface area contributed by atoms with E-state index < -0.39 is 60.2 Å². The standard InChI is InChI=1S/C35H39N3O7/c1-22(2)37-19-11-5-10-16-28(40)36-20-27(24-14-8-4-9-15-24)44-34(43)29-26-17-18-35(45-26)30(29)32(41)38(31(35)33(37)42)25(21-39)23-12-6-3-7-13-23/h3-9,11-15,17-18,22,25-27,29-31,39H,10,16,19-21H2,1-2H3,(H,36,40)/b11-5-/t25-,26-,27-,29+,30+,31-,35+/m1/s1. The number of carbonyl (C=O) groups is 4. The van der Waals surface area contributed by atoms with E-state index in [1.807, 2.05) is 86.7 Å². The summed E-state index contributed by atoms with van der Waals surface area (Å²) in [5, 5.41) is 13.6. The number of rotatable bonds is 5. The molecule has 2 aromatic rings. The molecule has 10 nitrogen and oxygen atoms in total. The Morgan fingerprint density at radius 2 is 1.69 bits per heavy atom. The van der Waals surface area contributed by atoms with Crippen molar-refractivity contribution in [3.05, 3.63) is 96.1 Å². The average molecular weight is 614 g/mol. The summed E-state index contributed by atoms with van der Waals surface area (Å²) < 4.78 is 12.6. The Kier molecular flexibility index (Phi) is 8.61.